The third-order valence-electron chi connectivity index (χ3n) is 5.19. The van der Waals surface area contributed by atoms with Crippen LogP contribution in [0.25, 0.3) is 0 Å². The van der Waals surface area contributed by atoms with Gasteiger partial charge in [0.15, 0.2) is 0 Å². The minimum Gasteiger partial charge on any atom is -0.497 e. The minimum atomic E-state index is -3.74. The Balaban J connectivity index is 1.85. The Hall–Kier alpha value is -1.96. The fourth-order valence-corrected chi connectivity index (χ4v) is 4.59. The Morgan fingerprint density at radius 3 is 2.41 bits per heavy atom. The molecule has 1 fully saturated rings. The molecule has 27 heavy (non-hydrogen) atoms. The van der Waals surface area contributed by atoms with Crippen molar-refractivity contribution in [3.8, 4) is 5.75 Å². The number of benzene rings is 2. The lowest BCUT2D eigenvalue weighted by molar-refractivity contribution is 0.0517. The van der Waals surface area contributed by atoms with E-state index in [9.17, 15) is 12.8 Å². The highest BCUT2D eigenvalue weighted by Crippen LogP contribution is 2.35. The Labute approximate surface area is 159 Å². The van der Waals surface area contributed by atoms with Crippen molar-refractivity contribution < 1.29 is 22.3 Å². The van der Waals surface area contributed by atoms with Crippen LogP contribution < -0.4 is 9.46 Å². The first-order valence-electron chi connectivity index (χ1n) is 8.84. The number of nitrogens with one attached hydrogen (secondary N) is 1. The summed E-state index contributed by atoms with van der Waals surface area (Å²) >= 11 is 0. The molecule has 0 bridgehead atoms. The van der Waals surface area contributed by atoms with Crippen molar-refractivity contribution in [3.63, 3.8) is 0 Å². The second-order valence-electron chi connectivity index (χ2n) is 6.86. The molecule has 0 atom stereocenters. The van der Waals surface area contributed by atoms with E-state index in [1.807, 2.05) is 24.3 Å². The topological polar surface area (TPSA) is 64.6 Å². The van der Waals surface area contributed by atoms with Gasteiger partial charge in [-0.15, -0.1) is 0 Å². The van der Waals surface area contributed by atoms with Gasteiger partial charge in [0, 0.05) is 25.2 Å². The molecule has 7 heteroatoms. The molecule has 2 aromatic carbocycles. The maximum absolute atomic E-state index is 13.5. The molecular formula is C20H24FNO4S. The molecule has 2 aromatic rings. The summed E-state index contributed by atoms with van der Waals surface area (Å²) in [6, 6.07) is 11.5. The average Bonchev–Trinajstić information content (AvgIpc) is 2.69. The molecular weight excluding hydrogens is 369 g/mol. The van der Waals surface area contributed by atoms with Gasteiger partial charge in [0.05, 0.1) is 12.0 Å². The molecule has 146 valence electrons. The predicted octanol–water partition coefficient (Wildman–Crippen LogP) is 3.17. The molecule has 5 nitrogen and oxygen atoms in total. The van der Waals surface area contributed by atoms with E-state index < -0.39 is 15.8 Å². The van der Waals surface area contributed by atoms with Gasteiger partial charge in [-0.2, -0.15) is 0 Å². The Morgan fingerprint density at radius 1 is 1.15 bits per heavy atom. The van der Waals surface area contributed by atoms with E-state index in [1.165, 1.54) is 18.2 Å². The van der Waals surface area contributed by atoms with E-state index in [0.29, 0.717) is 31.6 Å². The van der Waals surface area contributed by atoms with Gasteiger partial charge in [-0.3, -0.25) is 0 Å². The van der Waals surface area contributed by atoms with Crippen molar-refractivity contribution in [2.75, 3.05) is 26.9 Å². The molecule has 1 heterocycles. The molecule has 0 unspecified atom stereocenters. The van der Waals surface area contributed by atoms with E-state index in [2.05, 4.69) is 4.72 Å². The summed E-state index contributed by atoms with van der Waals surface area (Å²) in [5, 5.41) is 0. The molecule has 0 amide bonds. The van der Waals surface area contributed by atoms with Gasteiger partial charge in [-0.1, -0.05) is 12.1 Å². The molecule has 0 radical (unpaired) electrons. The number of methoxy groups -OCH3 is 1. The summed E-state index contributed by atoms with van der Waals surface area (Å²) in [6.45, 7) is 2.94. The molecule has 1 aliphatic heterocycles. The normalized spacial score (nSPS) is 16.9. The zero-order valence-corrected chi connectivity index (χ0v) is 16.3. The van der Waals surface area contributed by atoms with Gasteiger partial charge < -0.3 is 9.47 Å². The smallest absolute Gasteiger partial charge is 0.240 e. The van der Waals surface area contributed by atoms with Crippen molar-refractivity contribution in [1.29, 1.82) is 0 Å². The first kappa shape index (κ1) is 19.8. The second kappa shape index (κ2) is 7.96. The number of ether oxygens (including phenoxy) is 2. The molecule has 3 rings (SSSR count). The molecule has 1 N–H and O–H groups in total. The van der Waals surface area contributed by atoms with Crippen LogP contribution >= 0.6 is 0 Å². The number of hydrogen-bond acceptors (Lipinski definition) is 4. The van der Waals surface area contributed by atoms with Crippen LogP contribution in [-0.2, 0) is 20.2 Å². The maximum atomic E-state index is 13.5. The van der Waals surface area contributed by atoms with Crippen LogP contribution in [-0.4, -0.2) is 35.3 Å². The van der Waals surface area contributed by atoms with Crippen LogP contribution in [0.3, 0.4) is 0 Å². The van der Waals surface area contributed by atoms with Gasteiger partial charge in [-0.25, -0.2) is 17.5 Å². The van der Waals surface area contributed by atoms with E-state index in [4.69, 9.17) is 9.47 Å². The standard InChI is InChI=1S/C20H24FNO4S/c1-15-13-18(7-8-19(15)21)27(23,24)22-14-20(9-11-26-12-10-20)16-3-5-17(25-2)6-4-16/h3-8,13,22H,9-12,14H2,1-2H3. The lowest BCUT2D eigenvalue weighted by Crippen LogP contribution is -2.44. The van der Waals surface area contributed by atoms with Crippen molar-refractivity contribution in [2.45, 2.75) is 30.1 Å². The Kier molecular flexibility index (Phi) is 5.83. The molecule has 0 aromatic heterocycles. The fraction of sp³-hybridized carbons (Fsp3) is 0.400. The molecule has 0 aliphatic carbocycles. The van der Waals surface area contributed by atoms with E-state index in [0.717, 1.165) is 11.3 Å². The number of sulfonamides is 1. The van der Waals surface area contributed by atoms with Gasteiger partial charge in [0.25, 0.3) is 0 Å². The van der Waals surface area contributed by atoms with Crippen molar-refractivity contribution in [3.05, 3.63) is 59.4 Å². The summed E-state index contributed by atoms with van der Waals surface area (Å²) in [7, 11) is -2.13. The number of rotatable bonds is 6. The largest absolute Gasteiger partial charge is 0.497 e. The fourth-order valence-electron chi connectivity index (χ4n) is 3.38. The van der Waals surface area contributed by atoms with Crippen molar-refractivity contribution >= 4 is 10.0 Å². The van der Waals surface area contributed by atoms with Crippen LogP contribution in [0, 0.1) is 12.7 Å². The molecule has 0 spiro atoms. The second-order valence-corrected chi connectivity index (χ2v) is 8.62. The maximum Gasteiger partial charge on any atom is 0.240 e. The van der Waals surface area contributed by atoms with Crippen LogP contribution in [0.5, 0.6) is 5.75 Å². The van der Waals surface area contributed by atoms with E-state index in [1.54, 1.807) is 14.0 Å². The monoisotopic (exact) mass is 393 g/mol. The highest BCUT2D eigenvalue weighted by Gasteiger charge is 2.36. The highest BCUT2D eigenvalue weighted by atomic mass is 32.2. The average molecular weight is 393 g/mol. The zero-order valence-electron chi connectivity index (χ0n) is 15.5. The number of aryl methyl sites for hydroxylation is 1. The summed E-state index contributed by atoms with van der Waals surface area (Å²) in [6.07, 6.45) is 1.43. The third-order valence-corrected chi connectivity index (χ3v) is 6.59. The third kappa shape index (κ3) is 4.31. The Morgan fingerprint density at radius 2 is 1.81 bits per heavy atom. The number of halogens is 1. The number of hydrogen-bond donors (Lipinski definition) is 1. The zero-order chi connectivity index (χ0) is 19.5. The van der Waals surface area contributed by atoms with Crippen LogP contribution in [0.4, 0.5) is 4.39 Å². The van der Waals surface area contributed by atoms with E-state index >= 15 is 0 Å². The van der Waals surface area contributed by atoms with Crippen LogP contribution in [0.2, 0.25) is 0 Å². The van der Waals surface area contributed by atoms with E-state index in [-0.39, 0.29) is 16.9 Å². The van der Waals surface area contributed by atoms with Crippen LogP contribution in [0.15, 0.2) is 47.4 Å². The first-order valence-corrected chi connectivity index (χ1v) is 10.3. The molecule has 1 saturated heterocycles. The summed E-state index contributed by atoms with van der Waals surface area (Å²) in [4.78, 5) is 0.0679. The summed E-state index contributed by atoms with van der Waals surface area (Å²) in [5.41, 5.74) is 0.991. The van der Waals surface area contributed by atoms with Gasteiger partial charge in [0.2, 0.25) is 10.0 Å². The van der Waals surface area contributed by atoms with Gasteiger partial charge in [-0.05, 0) is 61.2 Å². The van der Waals surface area contributed by atoms with Crippen LogP contribution in [0.1, 0.15) is 24.0 Å². The lowest BCUT2D eigenvalue weighted by atomic mass is 9.74. The SMILES string of the molecule is COc1ccc(C2(CNS(=O)(=O)c3ccc(F)c(C)c3)CCOCC2)cc1. The minimum absolute atomic E-state index is 0.0679. The van der Waals surface area contributed by atoms with Crippen molar-refractivity contribution in [1.82, 2.24) is 4.72 Å². The predicted molar refractivity (Wildman–Crippen MR) is 101 cm³/mol. The highest BCUT2D eigenvalue weighted by molar-refractivity contribution is 7.89. The quantitative estimate of drug-likeness (QED) is 0.819. The lowest BCUT2D eigenvalue weighted by Gasteiger charge is -2.38. The molecule has 1 aliphatic rings. The first-order chi connectivity index (χ1) is 12.9. The molecule has 0 saturated carbocycles. The van der Waals surface area contributed by atoms with Crippen molar-refractivity contribution in [2.24, 2.45) is 0 Å². The Bertz CT molecular complexity index is 891. The summed E-state index contributed by atoms with van der Waals surface area (Å²) < 4.78 is 52.4. The van der Waals surface area contributed by atoms with Gasteiger partial charge >= 0.3 is 0 Å². The summed E-state index contributed by atoms with van der Waals surface area (Å²) in [5.74, 6) is 0.330. The van der Waals surface area contributed by atoms with Gasteiger partial charge in [0.1, 0.15) is 11.6 Å².